The lowest BCUT2D eigenvalue weighted by Crippen LogP contribution is -2.39. The summed E-state index contributed by atoms with van der Waals surface area (Å²) >= 11 is 0. The van der Waals surface area contributed by atoms with E-state index >= 15 is 0 Å². The molecule has 5 rings (SSSR count). The van der Waals surface area contributed by atoms with Crippen LogP contribution >= 0.6 is 0 Å². The van der Waals surface area contributed by atoms with Gasteiger partial charge in [0.05, 0.1) is 14.2 Å². The van der Waals surface area contributed by atoms with Crippen molar-refractivity contribution in [3.8, 4) is 5.75 Å². The first-order valence-electron chi connectivity index (χ1n) is 9.80. The normalized spacial score (nSPS) is 22.4. The largest absolute Gasteiger partial charge is 0.497 e. The zero-order chi connectivity index (χ0) is 20.9. The molecular formula is C26H20O4. The minimum Gasteiger partial charge on any atom is -0.497 e. The number of rotatable bonds is 3. The SMILES string of the molecule is COC(=O)[C@]12C(=O)c3cc(OC)ccc3[C@H]1c1ccccc1/C2=C\c1ccccc1. The highest BCUT2D eigenvalue weighted by molar-refractivity contribution is 6.28. The predicted molar refractivity (Wildman–Crippen MR) is 114 cm³/mol. The fourth-order valence-corrected chi connectivity index (χ4v) is 4.96. The van der Waals surface area contributed by atoms with E-state index in [4.69, 9.17) is 9.47 Å². The third-order valence-corrected chi connectivity index (χ3v) is 6.21. The molecule has 2 atom stereocenters. The molecule has 0 aliphatic heterocycles. The topological polar surface area (TPSA) is 52.6 Å². The smallest absolute Gasteiger partial charge is 0.325 e. The Labute approximate surface area is 174 Å². The first-order valence-corrected chi connectivity index (χ1v) is 9.80. The highest BCUT2D eigenvalue weighted by Crippen LogP contribution is 2.64. The number of benzene rings is 3. The second-order valence-corrected chi connectivity index (χ2v) is 7.57. The number of methoxy groups -OCH3 is 2. The van der Waals surface area contributed by atoms with Crippen molar-refractivity contribution in [2.24, 2.45) is 5.41 Å². The summed E-state index contributed by atoms with van der Waals surface area (Å²) in [5.41, 5.74) is 3.37. The second kappa shape index (κ2) is 6.70. The molecule has 0 N–H and O–H groups in total. The molecule has 0 bridgehead atoms. The Balaban J connectivity index is 1.86. The van der Waals surface area contributed by atoms with Crippen molar-refractivity contribution in [2.45, 2.75) is 5.92 Å². The Bertz CT molecular complexity index is 1210. The molecule has 3 aromatic carbocycles. The van der Waals surface area contributed by atoms with E-state index in [1.54, 1.807) is 13.2 Å². The Morgan fingerprint density at radius 1 is 0.900 bits per heavy atom. The monoisotopic (exact) mass is 396 g/mol. The van der Waals surface area contributed by atoms with Crippen LogP contribution in [0.1, 0.15) is 38.5 Å². The van der Waals surface area contributed by atoms with Crippen molar-refractivity contribution in [3.63, 3.8) is 0 Å². The summed E-state index contributed by atoms with van der Waals surface area (Å²) in [5.74, 6) is -0.619. The van der Waals surface area contributed by atoms with E-state index < -0.39 is 17.3 Å². The van der Waals surface area contributed by atoms with E-state index in [0.29, 0.717) is 16.9 Å². The van der Waals surface area contributed by atoms with E-state index in [0.717, 1.165) is 22.3 Å². The standard InChI is InChI=1S/C26H20O4/c1-29-17-12-13-20-21(15-17)24(27)26(25(28)30-2)22(14-16-8-4-3-5-9-16)18-10-6-7-11-19(18)23(20)26/h3-15,23H,1-2H3/b22-14+/t23-,26+/m1/s1. The lowest BCUT2D eigenvalue weighted by atomic mass is 9.72. The molecule has 0 amide bonds. The minimum absolute atomic E-state index is 0.244. The van der Waals surface area contributed by atoms with E-state index in [1.165, 1.54) is 7.11 Å². The fourth-order valence-electron chi connectivity index (χ4n) is 4.96. The summed E-state index contributed by atoms with van der Waals surface area (Å²) in [6.45, 7) is 0. The van der Waals surface area contributed by atoms with Gasteiger partial charge in [-0.15, -0.1) is 0 Å². The molecule has 4 nitrogen and oxygen atoms in total. The maximum absolute atomic E-state index is 13.9. The maximum Gasteiger partial charge on any atom is 0.325 e. The molecule has 0 radical (unpaired) electrons. The number of ether oxygens (including phenoxy) is 2. The Morgan fingerprint density at radius 3 is 2.33 bits per heavy atom. The highest BCUT2D eigenvalue weighted by atomic mass is 16.5. The van der Waals surface area contributed by atoms with Gasteiger partial charge < -0.3 is 9.47 Å². The number of fused-ring (bicyclic) bond motifs is 5. The number of Topliss-reactive ketones (excluding diaryl/α,β-unsaturated/α-hetero) is 1. The third kappa shape index (κ3) is 2.28. The molecule has 148 valence electrons. The lowest BCUT2D eigenvalue weighted by molar-refractivity contribution is -0.146. The second-order valence-electron chi connectivity index (χ2n) is 7.57. The Hall–Kier alpha value is -3.66. The molecule has 0 aromatic heterocycles. The van der Waals surface area contributed by atoms with Crippen LogP contribution in [-0.4, -0.2) is 26.0 Å². The summed E-state index contributed by atoms with van der Waals surface area (Å²) in [4.78, 5) is 27.3. The average Bonchev–Trinajstić information content (AvgIpc) is 3.23. The van der Waals surface area contributed by atoms with Crippen molar-refractivity contribution in [1.82, 2.24) is 0 Å². The maximum atomic E-state index is 13.9. The van der Waals surface area contributed by atoms with Gasteiger partial charge in [0.15, 0.2) is 11.2 Å². The van der Waals surface area contributed by atoms with Crippen molar-refractivity contribution >= 4 is 23.4 Å². The summed E-state index contributed by atoms with van der Waals surface area (Å²) in [6, 6.07) is 23.0. The molecule has 3 aromatic rings. The van der Waals surface area contributed by atoms with Crippen LogP contribution in [0.2, 0.25) is 0 Å². The van der Waals surface area contributed by atoms with Gasteiger partial charge >= 0.3 is 5.97 Å². The summed E-state index contributed by atoms with van der Waals surface area (Å²) < 4.78 is 10.6. The minimum atomic E-state index is -1.44. The van der Waals surface area contributed by atoms with E-state index in [9.17, 15) is 9.59 Å². The van der Waals surface area contributed by atoms with Gasteiger partial charge in [-0.1, -0.05) is 60.7 Å². The fraction of sp³-hybridized carbons (Fsp3) is 0.154. The van der Waals surface area contributed by atoms with Crippen LogP contribution in [0, 0.1) is 5.41 Å². The predicted octanol–water partition coefficient (Wildman–Crippen LogP) is 4.74. The molecule has 0 unspecified atom stereocenters. The molecule has 2 aliphatic carbocycles. The third-order valence-electron chi connectivity index (χ3n) is 6.21. The van der Waals surface area contributed by atoms with Gasteiger partial charge in [-0.2, -0.15) is 0 Å². The molecule has 0 spiro atoms. The first-order chi connectivity index (χ1) is 14.6. The van der Waals surface area contributed by atoms with Gasteiger partial charge in [-0.05, 0) is 46.0 Å². The van der Waals surface area contributed by atoms with Crippen LogP contribution in [-0.2, 0) is 9.53 Å². The van der Waals surface area contributed by atoms with Crippen LogP contribution in [0.4, 0.5) is 0 Å². The number of ketones is 1. The number of carbonyl (C=O) groups is 2. The van der Waals surface area contributed by atoms with E-state index in [-0.39, 0.29) is 5.78 Å². The zero-order valence-electron chi connectivity index (χ0n) is 16.7. The molecule has 0 saturated heterocycles. The number of esters is 1. The summed E-state index contributed by atoms with van der Waals surface area (Å²) in [5, 5.41) is 0. The molecular weight excluding hydrogens is 376 g/mol. The van der Waals surface area contributed by atoms with Crippen LogP contribution in [0.15, 0.2) is 72.8 Å². The summed E-state index contributed by atoms with van der Waals surface area (Å²) in [6.07, 6.45) is 1.94. The average molecular weight is 396 g/mol. The van der Waals surface area contributed by atoms with Crippen LogP contribution in [0.25, 0.3) is 11.6 Å². The molecule has 0 saturated carbocycles. The van der Waals surface area contributed by atoms with Crippen LogP contribution in [0.3, 0.4) is 0 Å². The van der Waals surface area contributed by atoms with Crippen molar-refractivity contribution in [2.75, 3.05) is 14.2 Å². The van der Waals surface area contributed by atoms with E-state index in [1.807, 2.05) is 72.8 Å². The van der Waals surface area contributed by atoms with Gasteiger partial charge in [-0.3, -0.25) is 9.59 Å². The van der Waals surface area contributed by atoms with Crippen molar-refractivity contribution in [3.05, 3.63) is 101 Å². The van der Waals surface area contributed by atoms with Crippen LogP contribution < -0.4 is 4.74 Å². The van der Waals surface area contributed by atoms with Crippen molar-refractivity contribution < 1.29 is 19.1 Å². The van der Waals surface area contributed by atoms with Crippen LogP contribution in [0.5, 0.6) is 5.75 Å². The Kier molecular flexibility index (Phi) is 4.10. The molecule has 0 heterocycles. The summed E-state index contributed by atoms with van der Waals surface area (Å²) in [7, 11) is 2.90. The zero-order valence-corrected chi connectivity index (χ0v) is 16.7. The molecule has 4 heteroatoms. The van der Waals surface area contributed by atoms with Gasteiger partial charge in [0.2, 0.25) is 0 Å². The lowest BCUT2D eigenvalue weighted by Gasteiger charge is -2.27. The quantitative estimate of drug-likeness (QED) is 0.474. The Morgan fingerprint density at radius 2 is 1.60 bits per heavy atom. The molecule has 30 heavy (non-hydrogen) atoms. The van der Waals surface area contributed by atoms with Gasteiger partial charge in [0, 0.05) is 11.5 Å². The first kappa shape index (κ1) is 18.4. The van der Waals surface area contributed by atoms with E-state index in [2.05, 4.69) is 0 Å². The van der Waals surface area contributed by atoms with Gasteiger partial charge in [0.25, 0.3) is 0 Å². The molecule has 2 aliphatic rings. The van der Waals surface area contributed by atoms with Gasteiger partial charge in [0.1, 0.15) is 5.75 Å². The number of hydrogen-bond donors (Lipinski definition) is 0. The number of hydrogen-bond acceptors (Lipinski definition) is 4. The van der Waals surface area contributed by atoms with Gasteiger partial charge in [-0.25, -0.2) is 0 Å². The number of carbonyl (C=O) groups excluding carboxylic acids is 2. The molecule has 0 fully saturated rings. The van der Waals surface area contributed by atoms with Crippen molar-refractivity contribution in [1.29, 1.82) is 0 Å². The highest BCUT2D eigenvalue weighted by Gasteiger charge is 2.66.